The highest BCUT2D eigenvalue weighted by atomic mass is 16.5. The summed E-state index contributed by atoms with van der Waals surface area (Å²) in [6.45, 7) is 2.62. The summed E-state index contributed by atoms with van der Waals surface area (Å²) in [4.78, 5) is 12.7. The van der Waals surface area contributed by atoms with Gasteiger partial charge in [-0.15, -0.1) is 0 Å². The van der Waals surface area contributed by atoms with Gasteiger partial charge in [-0.25, -0.2) is 0 Å². The molecule has 1 saturated heterocycles. The molecule has 4 nitrogen and oxygen atoms in total. The van der Waals surface area contributed by atoms with E-state index in [1.54, 1.807) is 0 Å². The Morgan fingerprint density at radius 3 is 2.13 bits per heavy atom. The number of hydrogen-bond acceptors (Lipinski definition) is 3. The predicted molar refractivity (Wildman–Crippen MR) is 89.8 cm³/mol. The fraction of sp³-hybridized carbons (Fsp3) is 0.947. The van der Waals surface area contributed by atoms with Crippen molar-refractivity contribution in [3.05, 3.63) is 0 Å². The molecular weight excluding hydrogens is 288 g/mol. The third-order valence-corrected chi connectivity index (χ3v) is 7.43. The highest BCUT2D eigenvalue weighted by Crippen LogP contribution is 2.61. The van der Waals surface area contributed by atoms with Crippen LogP contribution < -0.4 is 11.1 Å². The molecule has 0 aromatic carbocycles. The van der Waals surface area contributed by atoms with Gasteiger partial charge in [0.05, 0.1) is 5.41 Å². The van der Waals surface area contributed by atoms with Crippen LogP contribution in [0.3, 0.4) is 0 Å². The summed E-state index contributed by atoms with van der Waals surface area (Å²) in [5, 5.41) is 3.24. The van der Waals surface area contributed by atoms with Crippen molar-refractivity contribution in [3.63, 3.8) is 0 Å². The first-order valence-corrected chi connectivity index (χ1v) is 9.69. The topological polar surface area (TPSA) is 64.4 Å². The molecule has 1 amide bonds. The van der Waals surface area contributed by atoms with Gasteiger partial charge in [-0.1, -0.05) is 0 Å². The maximum atomic E-state index is 12.7. The Kier molecular flexibility index (Phi) is 4.17. The van der Waals surface area contributed by atoms with E-state index >= 15 is 0 Å². The monoisotopic (exact) mass is 320 g/mol. The number of nitrogens with one attached hydrogen (secondary N) is 1. The lowest BCUT2D eigenvalue weighted by molar-refractivity contribution is -0.136. The summed E-state index contributed by atoms with van der Waals surface area (Å²) < 4.78 is 5.41. The lowest BCUT2D eigenvalue weighted by atomic mass is 9.49. The van der Waals surface area contributed by atoms with Crippen molar-refractivity contribution < 1.29 is 9.53 Å². The van der Waals surface area contributed by atoms with Crippen molar-refractivity contribution in [3.8, 4) is 0 Å². The normalized spacial score (nSPS) is 41.0. The molecule has 0 aromatic rings. The maximum absolute atomic E-state index is 12.7. The number of hydrogen-bond donors (Lipinski definition) is 2. The van der Waals surface area contributed by atoms with Crippen molar-refractivity contribution in [1.82, 2.24) is 5.32 Å². The number of nitrogens with two attached hydrogens (primary N) is 1. The van der Waals surface area contributed by atoms with Crippen LogP contribution in [0.25, 0.3) is 0 Å². The van der Waals surface area contributed by atoms with Crippen LogP contribution >= 0.6 is 0 Å². The van der Waals surface area contributed by atoms with Crippen LogP contribution in [0.1, 0.15) is 57.8 Å². The zero-order chi connectivity index (χ0) is 15.9. The highest BCUT2D eigenvalue weighted by molar-refractivity contribution is 5.83. The van der Waals surface area contributed by atoms with E-state index in [1.165, 1.54) is 44.9 Å². The van der Waals surface area contributed by atoms with Gasteiger partial charge in [-0.2, -0.15) is 0 Å². The van der Waals surface area contributed by atoms with E-state index in [0.29, 0.717) is 25.2 Å². The van der Waals surface area contributed by atoms with Gasteiger partial charge in [0.25, 0.3) is 0 Å². The quantitative estimate of drug-likeness (QED) is 0.818. The third-order valence-electron chi connectivity index (χ3n) is 7.43. The van der Waals surface area contributed by atoms with Crippen molar-refractivity contribution in [1.29, 1.82) is 0 Å². The molecule has 0 radical (unpaired) electrons. The van der Waals surface area contributed by atoms with Crippen molar-refractivity contribution in [2.75, 3.05) is 26.3 Å². The lowest BCUT2D eigenvalue weighted by Crippen LogP contribution is -2.51. The fourth-order valence-electron chi connectivity index (χ4n) is 6.51. The SMILES string of the molecule is NCC1(C(=O)NCCC23CC4CC(CC(C4)C2)C3)CCOCC1. The zero-order valence-electron chi connectivity index (χ0n) is 14.3. The van der Waals surface area contributed by atoms with E-state index in [-0.39, 0.29) is 11.3 Å². The third kappa shape index (κ3) is 2.93. The molecule has 1 heterocycles. The van der Waals surface area contributed by atoms with Crippen LogP contribution in [-0.4, -0.2) is 32.2 Å². The number of ether oxygens (including phenoxy) is 1. The average molecular weight is 320 g/mol. The Morgan fingerprint density at radius 1 is 1.04 bits per heavy atom. The van der Waals surface area contributed by atoms with Crippen molar-refractivity contribution in [2.24, 2.45) is 34.3 Å². The standard InChI is InChI=1S/C19H32N2O2/c20-13-19(2-5-23-6-3-19)17(22)21-4-1-18-10-14-7-15(11-18)9-16(8-14)12-18/h14-16H,1-13,20H2,(H,21,22). The molecule has 5 rings (SSSR count). The van der Waals surface area contributed by atoms with E-state index in [9.17, 15) is 4.79 Å². The van der Waals surface area contributed by atoms with Gasteiger partial charge < -0.3 is 15.8 Å². The summed E-state index contributed by atoms with van der Waals surface area (Å²) in [6.07, 6.45) is 11.4. The molecule has 4 saturated carbocycles. The van der Waals surface area contributed by atoms with Crippen LogP contribution in [0.4, 0.5) is 0 Å². The molecule has 5 fully saturated rings. The highest BCUT2D eigenvalue weighted by Gasteiger charge is 2.50. The van der Waals surface area contributed by atoms with Crippen LogP contribution in [0, 0.1) is 28.6 Å². The van der Waals surface area contributed by atoms with Gasteiger partial charge in [0.1, 0.15) is 0 Å². The summed E-state index contributed by atoms with van der Waals surface area (Å²) in [5.41, 5.74) is 6.11. The molecule has 4 heteroatoms. The van der Waals surface area contributed by atoms with Crippen LogP contribution in [0.15, 0.2) is 0 Å². The minimum Gasteiger partial charge on any atom is -0.381 e. The Morgan fingerprint density at radius 2 is 1.61 bits per heavy atom. The Labute approximate surface area is 139 Å². The lowest BCUT2D eigenvalue weighted by Gasteiger charge is -2.57. The van der Waals surface area contributed by atoms with E-state index in [0.717, 1.165) is 37.1 Å². The maximum Gasteiger partial charge on any atom is 0.227 e. The summed E-state index contributed by atoms with van der Waals surface area (Å²) >= 11 is 0. The number of carbonyl (C=O) groups excluding carboxylic acids is 1. The van der Waals surface area contributed by atoms with Gasteiger partial charge in [-0.3, -0.25) is 4.79 Å². The molecule has 0 unspecified atom stereocenters. The molecule has 4 aliphatic carbocycles. The van der Waals surface area contributed by atoms with Crippen molar-refractivity contribution >= 4 is 5.91 Å². The van der Waals surface area contributed by atoms with Gasteiger partial charge in [0, 0.05) is 26.3 Å². The van der Waals surface area contributed by atoms with Gasteiger partial charge in [-0.05, 0) is 81.0 Å². The van der Waals surface area contributed by atoms with E-state index in [4.69, 9.17) is 10.5 Å². The first kappa shape index (κ1) is 15.9. The second-order valence-corrected chi connectivity index (χ2v) is 9.02. The summed E-state index contributed by atoms with van der Waals surface area (Å²) in [5.74, 6) is 3.14. The van der Waals surface area contributed by atoms with Crippen LogP contribution in [0.2, 0.25) is 0 Å². The van der Waals surface area contributed by atoms with Gasteiger partial charge in [0.2, 0.25) is 5.91 Å². The van der Waals surface area contributed by atoms with E-state index in [2.05, 4.69) is 5.32 Å². The largest absolute Gasteiger partial charge is 0.381 e. The first-order chi connectivity index (χ1) is 11.1. The number of carbonyl (C=O) groups is 1. The molecule has 4 bridgehead atoms. The summed E-state index contributed by atoms with van der Waals surface area (Å²) in [6, 6.07) is 0. The smallest absolute Gasteiger partial charge is 0.227 e. The molecule has 3 N–H and O–H groups in total. The van der Waals surface area contributed by atoms with Crippen LogP contribution in [0.5, 0.6) is 0 Å². The molecule has 0 atom stereocenters. The van der Waals surface area contributed by atoms with E-state index < -0.39 is 0 Å². The van der Waals surface area contributed by atoms with E-state index in [1.807, 2.05) is 0 Å². The second-order valence-electron chi connectivity index (χ2n) is 9.02. The molecule has 0 spiro atoms. The number of amides is 1. The van der Waals surface area contributed by atoms with Gasteiger partial charge in [0.15, 0.2) is 0 Å². The van der Waals surface area contributed by atoms with Crippen molar-refractivity contribution in [2.45, 2.75) is 57.8 Å². The average Bonchev–Trinajstić information content (AvgIpc) is 2.54. The number of rotatable bonds is 5. The molecular formula is C19H32N2O2. The molecule has 5 aliphatic rings. The molecule has 0 aromatic heterocycles. The molecule has 130 valence electrons. The van der Waals surface area contributed by atoms with Gasteiger partial charge >= 0.3 is 0 Å². The predicted octanol–water partition coefficient (Wildman–Crippen LogP) is 2.46. The minimum atomic E-state index is -0.375. The minimum absolute atomic E-state index is 0.174. The van der Waals surface area contributed by atoms with Crippen LogP contribution in [-0.2, 0) is 9.53 Å². The fourth-order valence-corrected chi connectivity index (χ4v) is 6.51. The Balaban J connectivity index is 1.32. The summed E-state index contributed by atoms with van der Waals surface area (Å²) in [7, 11) is 0. The first-order valence-electron chi connectivity index (χ1n) is 9.69. The second kappa shape index (κ2) is 6.03. The Hall–Kier alpha value is -0.610. The Bertz CT molecular complexity index is 421. The molecule has 23 heavy (non-hydrogen) atoms. The zero-order valence-corrected chi connectivity index (χ0v) is 14.3. The molecule has 1 aliphatic heterocycles.